The maximum Gasteiger partial charge on any atom is 0.314 e. The van der Waals surface area contributed by atoms with Gasteiger partial charge in [-0.2, -0.15) is 0 Å². The first-order chi connectivity index (χ1) is 9.66. The van der Waals surface area contributed by atoms with E-state index in [4.69, 9.17) is 5.11 Å². The van der Waals surface area contributed by atoms with Crippen molar-refractivity contribution in [3.8, 4) is 0 Å². The number of aliphatic hydroxyl groups excluding tert-OH is 1. The summed E-state index contributed by atoms with van der Waals surface area (Å²) in [5.74, 6) is 0. The summed E-state index contributed by atoms with van der Waals surface area (Å²) in [6.45, 7) is 1.27. The van der Waals surface area contributed by atoms with Gasteiger partial charge < -0.3 is 15.7 Å². The van der Waals surface area contributed by atoms with Gasteiger partial charge in [-0.1, -0.05) is 34.5 Å². The molecule has 0 spiro atoms. The molecule has 0 aromatic heterocycles. The van der Waals surface area contributed by atoms with Gasteiger partial charge in [-0.15, -0.1) is 0 Å². The second-order valence-corrected chi connectivity index (χ2v) is 6.24. The van der Waals surface area contributed by atoms with Crippen LogP contribution in [0.15, 0.2) is 28.7 Å². The minimum atomic E-state index is -0.151. The van der Waals surface area contributed by atoms with Crippen molar-refractivity contribution in [1.29, 1.82) is 0 Å². The van der Waals surface area contributed by atoms with Gasteiger partial charge in [0.25, 0.3) is 0 Å². The number of carbonyl (C=O) groups excluding carboxylic acids is 1. The number of hydrogen-bond acceptors (Lipinski definition) is 2. The Morgan fingerprint density at radius 3 is 2.50 bits per heavy atom. The molecule has 1 aromatic rings. The fourth-order valence-corrected chi connectivity index (χ4v) is 2.83. The summed E-state index contributed by atoms with van der Waals surface area (Å²) in [7, 11) is 0. The molecule has 2 amide bonds. The Morgan fingerprint density at radius 2 is 1.95 bits per heavy atom. The van der Waals surface area contributed by atoms with E-state index in [-0.39, 0.29) is 18.1 Å². The molecule has 0 heterocycles. The third-order valence-corrected chi connectivity index (χ3v) is 4.50. The van der Waals surface area contributed by atoms with Crippen LogP contribution in [0.4, 0.5) is 4.79 Å². The number of rotatable bonds is 6. The molecule has 1 aliphatic rings. The molecular weight excluding hydrogens is 320 g/mol. The van der Waals surface area contributed by atoms with Gasteiger partial charge in [0.2, 0.25) is 0 Å². The first kappa shape index (κ1) is 15.3. The molecule has 20 heavy (non-hydrogen) atoms. The largest absolute Gasteiger partial charge is 0.396 e. The molecule has 3 N–H and O–H groups in total. The van der Waals surface area contributed by atoms with Crippen molar-refractivity contribution in [2.75, 3.05) is 19.7 Å². The first-order valence-electron chi connectivity index (χ1n) is 7.05. The summed E-state index contributed by atoms with van der Waals surface area (Å²) < 4.78 is 1.07. The predicted octanol–water partition coefficient (Wildman–Crippen LogP) is 2.55. The lowest BCUT2D eigenvalue weighted by atomic mass is 9.64. The zero-order valence-electron chi connectivity index (χ0n) is 11.5. The van der Waals surface area contributed by atoms with Gasteiger partial charge in [0, 0.05) is 29.6 Å². The maximum absolute atomic E-state index is 11.7. The Labute approximate surface area is 128 Å². The van der Waals surface area contributed by atoms with Crippen molar-refractivity contribution in [3.05, 3.63) is 34.3 Å². The van der Waals surface area contributed by atoms with E-state index in [2.05, 4.69) is 50.8 Å². The molecule has 0 bridgehead atoms. The van der Waals surface area contributed by atoms with Crippen LogP contribution in [0.2, 0.25) is 0 Å². The van der Waals surface area contributed by atoms with E-state index in [0.717, 1.165) is 17.3 Å². The van der Waals surface area contributed by atoms with Crippen molar-refractivity contribution >= 4 is 22.0 Å². The van der Waals surface area contributed by atoms with Crippen molar-refractivity contribution in [2.24, 2.45) is 0 Å². The third kappa shape index (κ3) is 3.73. The zero-order valence-corrected chi connectivity index (χ0v) is 13.1. The van der Waals surface area contributed by atoms with Gasteiger partial charge in [0.05, 0.1) is 0 Å². The Kier molecular flexibility index (Phi) is 5.43. The van der Waals surface area contributed by atoms with Gasteiger partial charge in [-0.25, -0.2) is 4.79 Å². The number of aliphatic hydroxyl groups is 1. The number of halogens is 1. The molecule has 2 rings (SSSR count). The van der Waals surface area contributed by atoms with Crippen LogP contribution in [0.25, 0.3) is 0 Å². The second-order valence-electron chi connectivity index (χ2n) is 5.33. The Hall–Kier alpha value is -1.07. The minimum Gasteiger partial charge on any atom is -0.396 e. The van der Waals surface area contributed by atoms with Crippen LogP contribution < -0.4 is 10.6 Å². The van der Waals surface area contributed by atoms with Gasteiger partial charge in [0.1, 0.15) is 0 Å². The van der Waals surface area contributed by atoms with Crippen molar-refractivity contribution in [1.82, 2.24) is 10.6 Å². The highest BCUT2D eigenvalue weighted by molar-refractivity contribution is 9.10. The number of amides is 2. The Balaban J connectivity index is 1.88. The molecule has 4 nitrogen and oxygen atoms in total. The Morgan fingerprint density at radius 1 is 1.25 bits per heavy atom. The molecule has 1 aromatic carbocycles. The molecule has 5 heteroatoms. The van der Waals surface area contributed by atoms with Crippen molar-refractivity contribution < 1.29 is 9.90 Å². The molecule has 1 saturated carbocycles. The topological polar surface area (TPSA) is 61.4 Å². The highest BCUT2D eigenvalue weighted by Crippen LogP contribution is 2.43. The zero-order chi connectivity index (χ0) is 14.4. The van der Waals surface area contributed by atoms with E-state index in [1.165, 1.54) is 12.0 Å². The van der Waals surface area contributed by atoms with E-state index in [0.29, 0.717) is 19.5 Å². The van der Waals surface area contributed by atoms with Gasteiger partial charge in [0.15, 0.2) is 0 Å². The number of nitrogens with one attached hydrogen (secondary N) is 2. The number of urea groups is 1. The van der Waals surface area contributed by atoms with Gasteiger partial charge in [-0.3, -0.25) is 0 Å². The third-order valence-electron chi connectivity index (χ3n) is 3.98. The summed E-state index contributed by atoms with van der Waals surface area (Å²) in [5.41, 5.74) is 1.39. The molecular formula is C15H21BrN2O2. The highest BCUT2D eigenvalue weighted by atomic mass is 79.9. The monoisotopic (exact) mass is 340 g/mol. The number of carbonyl (C=O) groups is 1. The SMILES string of the molecule is O=C(NCCCO)NCC1(c2ccc(Br)cc2)CCC1. The first-order valence-corrected chi connectivity index (χ1v) is 7.84. The van der Waals surface area contributed by atoms with Crippen molar-refractivity contribution in [2.45, 2.75) is 31.1 Å². The number of benzene rings is 1. The average molecular weight is 341 g/mol. The fraction of sp³-hybridized carbons (Fsp3) is 0.533. The van der Waals surface area contributed by atoms with Gasteiger partial charge >= 0.3 is 6.03 Å². The standard InChI is InChI=1S/C15H21BrN2O2/c16-13-5-3-12(4-6-13)15(7-1-8-15)11-18-14(20)17-9-2-10-19/h3-6,19H,1-2,7-11H2,(H2,17,18,20). The minimum absolute atomic E-state index is 0.0923. The molecule has 0 radical (unpaired) electrons. The molecule has 0 atom stereocenters. The molecule has 1 fully saturated rings. The highest BCUT2D eigenvalue weighted by Gasteiger charge is 2.38. The summed E-state index contributed by atoms with van der Waals surface area (Å²) in [5, 5.41) is 14.4. The van der Waals surface area contributed by atoms with Crippen LogP contribution in [0.1, 0.15) is 31.2 Å². The molecule has 0 saturated heterocycles. The smallest absolute Gasteiger partial charge is 0.314 e. The van der Waals surface area contributed by atoms with Crippen LogP contribution in [-0.2, 0) is 5.41 Å². The quantitative estimate of drug-likeness (QED) is 0.697. The lowest BCUT2D eigenvalue weighted by Crippen LogP contribution is -2.48. The predicted molar refractivity (Wildman–Crippen MR) is 82.8 cm³/mol. The molecule has 110 valence electrons. The number of hydrogen-bond donors (Lipinski definition) is 3. The van der Waals surface area contributed by atoms with E-state index < -0.39 is 0 Å². The average Bonchev–Trinajstić information content (AvgIpc) is 2.40. The van der Waals surface area contributed by atoms with Crippen LogP contribution in [0.5, 0.6) is 0 Å². The molecule has 0 unspecified atom stereocenters. The van der Waals surface area contributed by atoms with Crippen LogP contribution in [0.3, 0.4) is 0 Å². The van der Waals surface area contributed by atoms with E-state index in [1.54, 1.807) is 0 Å². The maximum atomic E-state index is 11.7. The van der Waals surface area contributed by atoms with Crippen LogP contribution >= 0.6 is 15.9 Å². The Bertz CT molecular complexity index is 444. The summed E-state index contributed by atoms with van der Waals surface area (Å²) >= 11 is 3.45. The van der Waals surface area contributed by atoms with Crippen molar-refractivity contribution in [3.63, 3.8) is 0 Å². The van der Waals surface area contributed by atoms with E-state index >= 15 is 0 Å². The lowest BCUT2D eigenvalue weighted by Gasteiger charge is -2.42. The summed E-state index contributed by atoms with van der Waals surface area (Å²) in [4.78, 5) is 11.7. The molecule has 1 aliphatic carbocycles. The van der Waals surface area contributed by atoms with E-state index in [1.807, 2.05) is 0 Å². The van der Waals surface area contributed by atoms with Crippen LogP contribution in [-0.4, -0.2) is 30.8 Å². The normalized spacial score (nSPS) is 16.3. The van der Waals surface area contributed by atoms with Crippen LogP contribution in [0, 0.1) is 0 Å². The summed E-state index contributed by atoms with van der Waals surface area (Å²) in [6, 6.07) is 8.22. The lowest BCUT2D eigenvalue weighted by molar-refractivity contribution is 0.214. The van der Waals surface area contributed by atoms with E-state index in [9.17, 15) is 4.79 Å². The second kappa shape index (κ2) is 7.09. The molecule has 0 aliphatic heterocycles. The van der Waals surface area contributed by atoms with Gasteiger partial charge in [-0.05, 0) is 37.0 Å². The summed E-state index contributed by atoms with van der Waals surface area (Å²) in [6.07, 6.45) is 4.03. The fourth-order valence-electron chi connectivity index (χ4n) is 2.57.